The van der Waals surface area contributed by atoms with E-state index in [2.05, 4.69) is 51.1 Å². The van der Waals surface area contributed by atoms with Crippen molar-refractivity contribution in [1.29, 1.82) is 0 Å². The number of amidine groups is 1. The molecular formula is C28H35ClFN7O2. The molecule has 9 nitrogen and oxygen atoms in total. The zero-order chi connectivity index (χ0) is 27.8. The van der Waals surface area contributed by atoms with Gasteiger partial charge in [0.25, 0.3) is 0 Å². The lowest BCUT2D eigenvalue weighted by molar-refractivity contribution is 0.0676. The third kappa shape index (κ3) is 7.57. The lowest BCUT2D eigenvalue weighted by atomic mass is 10.0. The molecule has 0 radical (unpaired) electrons. The van der Waals surface area contributed by atoms with Gasteiger partial charge in [0.1, 0.15) is 11.6 Å². The Morgan fingerprint density at radius 1 is 1.13 bits per heavy atom. The Bertz CT molecular complexity index is 1240. The Kier molecular flexibility index (Phi) is 9.94. The fraction of sp³-hybridized carbons (Fsp3) is 0.357. The van der Waals surface area contributed by atoms with Crippen molar-refractivity contribution in [2.24, 2.45) is 15.8 Å². The van der Waals surface area contributed by atoms with Gasteiger partial charge in [0.05, 0.1) is 24.5 Å². The van der Waals surface area contributed by atoms with Crippen molar-refractivity contribution in [3.8, 4) is 16.9 Å². The van der Waals surface area contributed by atoms with Crippen LogP contribution in [0.25, 0.3) is 11.1 Å². The number of phenolic OH excluding ortho intramolecular Hbond substituents is 1. The van der Waals surface area contributed by atoms with E-state index in [9.17, 15) is 9.50 Å². The minimum absolute atomic E-state index is 0.0540. The first kappa shape index (κ1) is 28.6. The van der Waals surface area contributed by atoms with Crippen LogP contribution in [0.15, 0.2) is 70.9 Å². The number of ether oxygens (including phenoxy) is 1. The number of likely N-dealkylation sites (N-methyl/N-ethyl adjacent to an activating group) is 1. The zero-order valence-electron chi connectivity index (χ0n) is 22.1. The first-order valence-electron chi connectivity index (χ1n) is 12.8. The fourth-order valence-electron chi connectivity index (χ4n) is 4.41. The molecule has 2 fully saturated rings. The molecule has 0 saturated carbocycles. The van der Waals surface area contributed by atoms with Crippen molar-refractivity contribution in [2.45, 2.75) is 6.54 Å². The van der Waals surface area contributed by atoms with Crippen molar-refractivity contribution in [1.82, 2.24) is 20.1 Å². The first-order valence-corrected chi connectivity index (χ1v) is 13.2. The number of hydrogen-bond acceptors (Lipinski definition) is 8. The summed E-state index contributed by atoms with van der Waals surface area (Å²) in [7, 11) is 2.15. The van der Waals surface area contributed by atoms with Gasteiger partial charge in [-0.15, -0.1) is 0 Å². The molecule has 39 heavy (non-hydrogen) atoms. The monoisotopic (exact) mass is 555 g/mol. The number of phenols is 1. The molecule has 2 heterocycles. The van der Waals surface area contributed by atoms with E-state index < -0.39 is 5.83 Å². The van der Waals surface area contributed by atoms with Crippen LogP contribution in [0.2, 0.25) is 5.02 Å². The summed E-state index contributed by atoms with van der Waals surface area (Å²) < 4.78 is 19.6. The zero-order valence-corrected chi connectivity index (χ0v) is 22.9. The maximum Gasteiger partial charge on any atom is 0.181 e. The summed E-state index contributed by atoms with van der Waals surface area (Å²) in [5, 5.41) is 15.0. The highest BCUT2D eigenvalue weighted by molar-refractivity contribution is 6.35. The van der Waals surface area contributed by atoms with Crippen LogP contribution in [0.3, 0.4) is 0 Å². The minimum Gasteiger partial charge on any atom is -0.506 e. The van der Waals surface area contributed by atoms with Crippen molar-refractivity contribution < 1.29 is 14.2 Å². The normalized spacial score (nSPS) is 18.1. The Hall–Kier alpha value is -3.44. The second-order valence-electron chi connectivity index (χ2n) is 9.51. The van der Waals surface area contributed by atoms with Crippen LogP contribution in [0.5, 0.6) is 5.75 Å². The lowest BCUT2D eigenvalue weighted by Crippen LogP contribution is -2.43. The molecule has 2 aliphatic rings. The highest BCUT2D eigenvalue weighted by atomic mass is 35.5. The largest absolute Gasteiger partial charge is 0.506 e. The van der Waals surface area contributed by atoms with Gasteiger partial charge in [0.2, 0.25) is 0 Å². The summed E-state index contributed by atoms with van der Waals surface area (Å²) in [6.07, 6.45) is 2.25. The second kappa shape index (κ2) is 13.6. The molecule has 0 atom stereocenters. The summed E-state index contributed by atoms with van der Waals surface area (Å²) in [4.78, 5) is 10.7. The number of aromatic hydroxyl groups is 1. The molecule has 11 heteroatoms. The summed E-state index contributed by atoms with van der Waals surface area (Å²) in [5.74, 6) is -0.612. The first-order chi connectivity index (χ1) is 18.9. The standard InChI is InChI=1S/C28H35ClFN7O2/c1-20(33-28(25(30)17-31)37-13-15-39-16-14-37)34-32-18-23-7-8-24(26(29)27(23)38)22-5-3-21(4-6-22)19-36-11-9-35(2)10-12-36/h3-8,17-18,34,38H,1,9-16,19,31H2,2H3/b25-17+,32-18+,33-28+. The Balaban J connectivity index is 1.40. The molecule has 2 aliphatic heterocycles. The van der Waals surface area contributed by atoms with E-state index in [-0.39, 0.29) is 22.4 Å². The van der Waals surface area contributed by atoms with Crippen LogP contribution >= 0.6 is 11.6 Å². The third-order valence-electron chi connectivity index (χ3n) is 6.72. The average Bonchev–Trinajstić information content (AvgIpc) is 2.96. The molecule has 208 valence electrons. The fourth-order valence-corrected chi connectivity index (χ4v) is 4.70. The molecule has 0 bridgehead atoms. The summed E-state index contributed by atoms with van der Waals surface area (Å²) in [5.41, 5.74) is 11.3. The highest BCUT2D eigenvalue weighted by Gasteiger charge is 2.19. The lowest BCUT2D eigenvalue weighted by Gasteiger charge is -2.32. The van der Waals surface area contributed by atoms with Crippen LogP contribution in [0, 0.1) is 0 Å². The number of piperazine rings is 1. The minimum atomic E-state index is -0.670. The molecule has 0 aliphatic carbocycles. The van der Waals surface area contributed by atoms with Gasteiger partial charge in [0.15, 0.2) is 11.7 Å². The molecule has 0 spiro atoms. The Morgan fingerprint density at radius 2 is 1.82 bits per heavy atom. The van der Waals surface area contributed by atoms with Gasteiger partial charge in [-0.25, -0.2) is 9.38 Å². The average molecular weight is 556 g/mol. The molecule has 4 N–H and O–H groups in total. The van der Waals surface area contributed by atoms with Gasteiger partial charge >= 0.3 is 0 Å². The van der Waals surface area contributed by atoms with Crippen molar-refractivity contribution in [3.63, 3.8) is 0 Å². The van der Waals surface area contributed by atoms with Crippen molar-refractivity contribution in [3.05, 3.63) is 77.0 Å². The topological polar surface area (TPSA) is 102 Å². The van der Waals surface area contributed by atoms with Crippen LogP contribution in [0.1, 0.15) is 11.1 Å². The van der Waals surface area contributed by atoms with Gasteiger partial charge in [-0.3, -0.25) is 10.3 Å². The number of hydrogen-bond donors (Lipinski definition) is 3. The van der Waals surface area contributed by atoms with Crippen LogP contribution in [-0.2, 0) is 11.3 Å². The molecule has 0 amide bonds. The van der Waals surface area contributed by atoms with E-state index in [1.807, 2.05) is 18.2 Å². The predicted molar refractivity (Wildman–Crippen MR) is 154 cm³/mol. The van der Waals surface area contributed by atoms with E-state index in [0.29, 0.717) is 31.9 Å². The highest BCUT2D eigenvalue weighted by Crippen LogP contribution is 2.36. The van der Waals surface area contributed by atoms with E-state index >= 15 is 0 Å². The van der Waals surface area contributed by atoms with E-state index in [1.165, 1.54) is 11.8 Å². The number of aliphatic imine (C=N–C) groups is 1. The van der Waals surface area contributed by atoms with Gasteiger partial charge < -0.3 is 25.4 Å². The van der Waals surface area contributed by atoms with Crippen LogP contribution in [0.4, 0.5) is 4.39 Å². The molecular weight excluding hydrogens is 521 g/mol. The van der Waals surface area contributed by atoms with E-state index in [0.717, 1.165) is 50.1 Å². The Morgan fingerprint density at radius 3 is 2.49 bits per heavy atom. The summed E-state index contributed by atoms with van der Waals surface area (Å²) in [6, 6.07) is 11.8. The number of nitrogens with zero attached hydrogens (tertiary/aromatic N) is 5. The SMILES string of the molecule is C=C(/N=C(\C(F)=C/N)N1CCOCC1)N/N=C/c1ccc(-c2ccc(CN3CCN(C)CC3)cc2)c(Cl)c1O. The second-order valence-corrected chi connectivity index (χ2v) is 9.89. The van der Waals surface area contributed by atoms with E-state index in [1.54, 1.807) is 11.0 Å². The molecule has 2 saturated heterocycles. The number of halogens is 2. The number of rotatable bonds is 8. The maximum absolute atomic E-state index is 14.3. The number of benzene rings is 2. The van der Waals surface area contributed by atoms with Gasteiger partial charge in [-0.1, -0.05) is 48.5 Å². The molecule has 2 aromatic rings. The quantitative estimate of drug-likeness (QED) is 0.261. The molecule has 4 rings (SSSR count). The molecule has 0 aromatic heterocycles. The number of nitrogens with one attached hydrogen (secondary N) is 1. The number of morpholine rings is 1. The van der Waals surface area contributed by atoms with Crippen molar-refractivity contribution >= 4 is 23.7 Å². The Labute approximate surface area is 233 Å². The van der Waals surface area contributed by atoms with Crippen molar-refractivity contribution in [2.75, 3.05) is 59.5 Å². The van der Waals surface area contributed by atoms with Gasteiger partial charge in [-0.05, 0) is 24.2 Å². The predicted octanol–water partition coefficient (Wildman–Crippen LogP) is 3.36. The van der Waals surface area contributed by atoms with Gasteiger partial charge in [-0.2, -0.15) is 5.10 Å². The smallest absolute Gasteiger partial charge is 0.181 e. The van der Waals surface area contributed by atoms with Crippen LogP contribution < -0.4 is 11.2 Å². The van der Waals surface area contributed by atoms with Crippen LogP contribution in [-0.4, -0.2) is 91.4 Å². The third-order valence-corrected chi connectivity index (χ3v) is 7.11. The molecule has 2 aromatic carbocycles. The van der Waals surface area contributed by atoms with E-state index in [4.69, 9.17) is 22.1 Å². The number of hydrazone groups is 1. The maximum atomic E-state index is 14.3. The van der Waals surface area contributed by atoms with Gasteiger partial charge in [0, 0.05) is 63.1 Å². The summed E-state index contributed by atoms with van der Waals surface area (Å²) in [6.45, 7) is 10.9. The molecule has 0 unspecified atom stereocenters. The summed E-state index contributed by atoms with van der Waals surface area (Å²) >= 11 is 6.53. The number of nitrogens with two attached hydrogens (primary N) is 1.